The van der Waals surface area contributed by atoms with Gasteiger partial charge in [-0.3, -0.25) is 0 Å². The van der Waals surface area contributed by atoms with Crippen molar-refractivity contribution in [2.75, 3.05) is 0 Å². The van der Waals surface area contributed by atoms with Crippen LogP contribution in [0.5, 0.6) is 0 Å². The molecule has 0 amide bonds. The van der Waals surface area contributed by atoms with Crippen LogP contribution in [0.1, 0.15) is 30.5 Å². The average Bonchev–Trinajstić information content (AvgIpc) is 2.36. The normalized spacial score (nSPS) is 10.6. The van der Waals surface area contributed by atoms with Gasteiger partial charge in [0.15, 0.2) is 0 Å². The molecule has 0 heterocycles. The van der Waals surface area contributed by atoms with Crippen molar-refractivity contribution in [2.24, 2.45) is 0 Å². The summed E-state index contributed by atoms with van der Waals surface area (Å²) in [5.74, 6) is 0. The Morgan fingerprint density at radius 1 is 1.12 bits per heavy atom. The molecule has 82 valence electrons. The Bertz CT molecular complexity index is 521. The Balaban J connectivity index is 2.87. The van der Waals surface area contributed by atoms with Gasteiger partial charge in [-0.25, -0.2) is 0 Å². The van der Waals surface area contributed by atoms with Gasteiger partial charge < -0.3 is 0 Å². The van der Waals surface area contributed by atoms with Crippen LogP contribution >= 0.6 is 0 Å². The van der Waals surface area contributed by atoms with Crippen LogP contribution in [0.25, 0.3) is 16.8 Å². The molecular formula is C16H18. The van der Waals surface area contributed by atoms with Crippen molar-refractivity contribution >= 4 is 16.8 Å². The topological polar surface area (TPSA) is 0 Å². The SMILES string of the molecule is C=Cc1c(CC)c(CC)cc2ccccc12. The minimum atomic E-state index is 1.08. The highest BCUT2D eigenvalue weighted by molar-refractivity contribution is 5.92. The number of rotatable bonds is 3. The first-order chi connectivity index (χ1) is 7.81. The summed E-state index contributed by atoms with van der Waals surface area (Å²) in [6, 6.07) is 10.9. The summed E-state index contributed by atoms with van der Waals surface area (Å²) < 4.78 is 0. The van der Waals surface area contributed by atoms with E-state index in [1.54, 1.807) is 0 Å². The third-order valence-corrected chi connectivity index (χ3v) is 3.23. The Morgan fingerprint density at radius 3 is 2.50 bits per heavy atom. The predicted octanol–water partition coefficient (Wildman–Crippen LogP) is 4.61. The van der Waals surface area contributed by atoms with Gasteiger partial charge >= 0.3 is 0 Å². The third-order valence-electron chi connectivity index (χ3n) is 3.23. The molecule has 0 saturated carbocycles. The second-order valence-electron chi connectivity index (χ2n) is 4.06. The van der Waals surface area contributed by atoms with E-state index in [1.807, 2.05) is 6.08 Å². The highest BCUT2D eigenvalue weighted by Gasteiger charge is 2.08. The second-order valence-corrected chi connectivity index (χ2v) is 4.06. The Hall–Kier alpha value is -1.56. The van der Waals surface area contributed by atoms with Gasteiger partial charge in [0.2, 0.25) is 0 Å². The van der Waals surface area contributed by atoms with Gasteiger partial charge in [-0.2, -0.15) is 0 Å². The van der Waals surface area contributed by atoms with Gasteiger partial charge in [0.25, 0.3) is 0 Å². The lowest BCUT2D eigenvalue weighted by molar-refractivity contribution is 1.04. The summed E-state index contributed by atoms with van der Waals surface area (Å²) in [4.78, 5) is 0. The van der Waals surface area contributed by atoms with E-state index in [2.05, 4.69) is 50.8 Å². The summed E-state index contributed by atoms with van der Waals surface area (Å²) in [5.41, 5.74) is 4.23. The molecule has 0 N–H and O–H groups in total. The summed E-state index contributed by atoms with van der Waals surface area (Å²) in [5, 5.41) is 2.65. The van der Waals surface area contributed by atoms with Crippen LogP contribution in [-0.2, 0) is 12.8 Å². The molecule has 0 unspecified atom stereocenters. The second kappa shape index (κ2) is 4.52. The molecule has 0 nitrogen and oxygen atoms in total. The maximum atomic E-state index is 3.97. The number of benzene rings is 2. The monoisotopic (exact) mass is 210 g/mol. The van der Waals surface area contributed by atoms with Crippen molar-refractivity contribution < 1.29 is 0 Å². The average molecular weight is 210 g/mol. The van der Waals surface area contributed by atoms with Crippen LogP contribution in [0.4, 0.5) is 0 Å². The molecule has 2 rings (SSSR count). The number of fused-ring (bicyclic) bond motifs is 1. The van der Waals surface area contributed by atoms with Crippen LogP contribution in [0.2, 0.25) is 0 Å². The van der Waals surface area contributed by atoms with Crippen molar-refractivity contribution in [1.82, 2.24) is 0 Å². The van der Waals surface area contributed by atoms with Gasteiger partial charge in [0, 0.05) is 0 Å². The van der Waals surface area contributed by atoms with Crippen LogP contribution in [-0.4, -0.2) is 0 Å². The molecule has 2 aromatic rings. The van der Waals surface area contributed by atoms with E-state index in [0.29, 0.717) is 0 Å². The van der Waals surface area contributed by atoms with Crippen LogP contribution < -0.4 is 0 Å². The van der Waals surface area contributed by atoms with Crippen LogP contribution in [0.3, 0.4) is 0 Å². The zero-order chi connectivity index (χ0) is 11.5. The minimum absolute atomic E-state index is 1.08. The Labute approximate surface area is 97.6 Å². The molecular weight excluding hydrogens is 192 g/mol. The van der Waals surface area contributed by atoms with Crippen molar-refractivity contribution in [1.29, 1.82) is 0 Å². The van der Waals surface area contributed by atoms with Gasteiger partial charge in [-0.05, 0) is 40.3 Å². The zero-order valence-corrected chi connectivity index (χ0v) is 10.1. The Kier molecular flexibility index (Phi) is 3.09. The van der Waals surface area contributed by atoms with E-state index < -0.39 is 0 Å². The molecule has 0 saturated heterocycles. The minimum Gasteiger partial charge on any atom is -0.0984 e. The van der Waals surface area contributed by atoms with E-state index in [-0.39, 0.29) is 0 Å². The summed E-state index contributed by atoms with van der Waals surface area (Å²) >= 11 is 0. The van der Waals surface area contributed by atoms with Crippen molar-refractivity contribution in [3.8, 4) is 0 Å². The summed E-state index contributed by atoms with van der Waals surface area (Å²) in [7, 11) is 0. The largest absolute Gasteiger partial charge is 0.0984 e. The lowest BCUT2D eigenvalue weighted by Crippen LogP contribution is -1.96. The maximum absolute atomic E-state index is 3.97. The molecule has 0 fully saturated rings. The zero-order valence-electron chi connectivity index (χ0n) is 10.1. The first-order valence-electron chi connectivity index (χ1n) is 5.97. The fourth-order valence-corrected chi connectivity index (χ4v) is 2.44. The maximum Gasteiger partial charge on any atom is -0.0109 e. The van der Waals surface area contributed by atoms with E-state index >= 15 is 0 Å². The fraction of sp³-hybridized carbons (Fsp3) is 0.250. The molecule has 0 aliphatic heterocycles. The smallest absolute Gasteiger partial charge is 0.0109 e. The first-order valence-corrected chi connectivity index (χ1v) is 5.97. The first kappa shape index (κ1) is 10.9. The predicted molar refractivity (Wildman–Crippen MR) is 72.8 cm³/mol. The van der Waals surface area contributed by atoms with Gasteiger partial charge in [-0.15, -0.1) is 0 Å². The molecule has 0 spiro atoms. The van der Waals surface area contributed by atoms with Gasteiger partial charge in [-0.1, -0.05) is 56.8 Å². The van der Waals surface area contributed by atoms with E-state index in [1.165, 1.54) is 27.5 Å². The molecule has 0 radical (unpaired) electrons. The number of hydrogen-bond acceptors (Lipinski definition) is 0. The molecule has 16 heavy (non-hydrogen) atoms. The molecule has 0 heteroatoms. The standard InChI is InChI=1S/C16H18/c1-4-12-11-13-9-7-8-10-16(13)15(6-3)14(12)5-2/h6-11H,3-5H2,1-2H3. The number of hydrogen-bond donors (Lipinski definition) is 0. The number of aryl methyl sites for hydroxylation is 1. The fourth-order valence-electron chi connectivity index (χ4n) is 2.44. The lowest BCUT2D eigenvalue weighted by Gasteiger charge is -2.13. The van der Waals surface area contributed by atoms with Crippen molar-refractivity contribution in [3.05, 3.63) is 53.6 Å². The van der Waals surface area contributed by atoms with Crippen LogP contribution in [0, 0.1) is 0 Å². The lowest BCUT2D eigenvalue weighted by atomic mass is 9.91. The van der Waals surface area contributed by atoms with E-state index in [9.17, 15) is 0 Å². The molecule has 0 bridgehead atoms. The molecule has 2 aromatic carbocycles. The summed E-state index contributed by atoms with van der Waals surface area (Å²) in [6.07, 6.45) is 4.17. The van der Waals surface area contributed by atoms with Crippen molar-refractivity contribution in [2.45, 2.75) is 26.7 Å². The molecule has 0 atom stereocenters. The summed E-state index contributed by atoms with van der Waals surface area (Å²) in [6.45, 7) is 8.40. The molecule has 0 aromatic heterocycles. The highest BCUT2D eigenvalue weighted by atomic mass is 14.1. The van der Waals surface area contributed by atoms with Gasteiger partial charge in [0.1, 0.15) is 0 Å². The van der Waals surface area contributed by atoms with E-state index in [4.69, 9.17) is 0 Å². The molecule has 0 aliphatic carbocycles. The highest BCUT2D eigenvalue weighted by Crippen LogP contribution is 2.27. The Morgan fingerprint density at radius 2 is 1.88 bits per heavy atom. The quantitative estimate of drug-likeness (QED) is 0.694. The van der Waals surface area contributed by atoms with Crippen molar-refractivity contribution in [3.63, 3.8) is 0 Å². The van der Waals surface area contributed by atoms with Crippen LogP contribution in [0.15, 0.2) is 36.9 Å². The molecule has 0 aliphatic rings. The third kappa shape index (κ3) is 1.65. The van der Waals surface area contributed by atoms with Gasteiger partial charge in [0.05, 0.1) is 0 Å². The van der Waals surface area contributed by atoms with E-state index in [0.717, 1.165) is 12.8 Å².